The lowest BCUT2D eigenvalue weighted by Gasteiger charge is -2.12. The molecule has 13 heavy (non-hydrogen) atoms. The lowest BCUT2D eigenvalue weighted by Crippen LogP contribution is -2.14. The molecule has 1 rings (SSSR count). The lowest BCUT2D eigenvalue weighted by molar-refractivity contribution is 0.862. The van der Waals surface area contributed by atoms with Gasteiger partial charge in [0.15, 0.2) is 0 Å². The van der Waals surface area contributed by atoms with Crippen LogP contribution in [-0.4, -0.2) is 24.1 Å². The van der Waals surface area contributed by atoms with Gasteiger partial charge in [-0.25, -0.2) is 9.97 Å². The third kappa shape index (κ3) is 2.39. The second-order valence-electron chi connectivity index (χ2n) is 3.09. The number of hydrogen-bond acceptors (Lipinski definition) is 4. The van der Waals surface area contributed by atoms with Gasteiger partial charge >= 0.3 is 0 Å². The molecule has 72 valence electrons. The van der Waals surface area contributed by atoms with Gasteiger partial charge in [-0.1, -0.05) is 6.92 Å². The van der Waals surface area contributed by atoms with E-state index in [-0.39, 0.29) is 0 Å². The van der Waals surface area contributed by atoms with Crippen molar-refractivity contribution >= 4 is 5.82 Å². The van der Waals surface area contributed by atoms with Crippen LogP contribution in [0.15, 0.2) is 6.07 Å². The van der Waals surface area contributed by atoms with Gasteiger partial charge in [-0.15, -0.1) is 0 Å². The van der Waals surface area contributed by atoms with E-state index in [1.807, 2.05) is 32.0 Å². The average molecular weight is 180 g/mol. The summed E-state index contributed by atoms with van der Waals surface area (Å²) >= 11 is 0. The SMILES string of the molecule is CCc1nc(CN)cc(N(C)C)n1. The molecule has 2 N–H and O–H groups in total. The largest absolute Gasteiger partial charge is 0.363 e. The summed E-state index contributed by atoms with van der Waals surface area (Å²) in [5, 5.41) is 0. The third-order valence-electron chi connectivity index (χ3n) is 1.80. The van der Waals surface area contributed by atoms with Crippen LogP contribution < -0.4 is 10.6 Å². The first-order valence-corrected chi connectivity index (χ1v) is 4.41. The number of anilines is 1. The predicted octanol–water partition coefficient (Wildman–Crippen LogP) is 0.564. The Labute approximate surface area is 78.8 Å². The summed E-state index contributed by atoms with van der Waals surface area (Å²) in [6, 6.07) is 1.92. The Morgan fingerprint density at radius 3 is 2.54 bits per heavy atom. The Bertz CT molecular complexity index is 261. The smallest absolute Gasteiger partial charge is 0.132 e. The van der Waals surface area contributed by atoms with Gasteiger partial charge in [-0.3, -0.25) is 0 Å². The molecule has 0 aliphatic heterocycles. The van der Waals surface area contributed by atoms with Crippen molar-refractivity contribution in [1.82, 2.24) is 9.97 Å². The van der Waals surface area contributed by atoms with Crippen LogP contribution in [0.2, 0.25) is 0 Å². The molecule has 0 saturated carbocycles. The van der Waals surface area contributed by atoms with Crippen molar-refractivity contribution in [2.24, 2.45) is 5.73 Å². The maximum absolute atomic E-state index is 5.53. The van der Waals surface area contributed by atoms with Gasteiger partial charge in [0.2, 0.25) is 0 Å². The summed E-state index contributed by atoms with van der Waals surface area (Å²) in [4.78, 5) is 10.6. The Morgan fingerprint density at radius 2 is 2.08 bits per heavy atom. The van der Waals surface area contributed by atoms with Crippen LogP contribution >= 0.6 is 0 Å². The first-order valence-electron chi connectivity index (χ1n) is 4.41. The van der Waals surface area contributed by atoms with Crippen molar-refractivity contribution in [3.05, 3.63) is 17.6 Å². The first kappa shape index (κ1) is 9.92. The predicted molar refractivity (Wildman–Crippen MR) is 53.6 cm³/mol. The van der Waals surface area contributed by atoms with Crippen molar-refractivity contribution in [3.8, 4) is 0 Å². The molecule has 0 saturated heterocycles. The van der Waals surface area contributed by atoms with E-state index in [4.69, 9.17) is 5.73 Å². The minimum Gasteiger partial charge on any atom is -0.363 e. The second-order valence-corrected chi connectivity index (χ2v) is 3.09. The van der Waals surface area contributed by atoms with E-state index in [2.05, 4.69) is 9.97 Å². The number of aromatic nitrogens is 2. The van der Waals surface area contributed by atoms with Gasteiger partial charge in [-0.2, -0.15) is 0 Å². The molecule has 0 spiro atoms. The summed E-state index contributed by atoms with van der Waals surface area (Å²) in [5.74, 6) is 1.78. The minimum atomic E-state index is 0.469. The molecule has 0 fully saturated rings. The summed E-state index contributed by atoms with van der Waals surface area (Å²) in [7, 11) is 3.92. The van der Waals surface area contributed by atoms with Gasteiger partial charge in [0.05, 0.1) is 5.69 Å². The van der Waals surface area contributed by atoms with Crippen molar-refractivity contribution in [1.29, 1.82) is 0 Å². The van der Waals surface area contributed by atoms with Crippen LogP contribution in [0.25, 0.3) is 0 Å². The Kier molecular flexibility index (Phi) is 3.19. The van der Waals surface area contributed by atoms with Gasteiger partial charge in [-0.05, 0) is 0 Å². The normalized spacial score (nSPS) is 10.2. The Balaban J connectivity index is 3.07. The zero-order valence-electron chi connectivity index (χ0n) is 8.41. The van der Waals surface area contributed by atoms with Gasteiger partial charge in [0, 0.05) is 33.1 Å². The molecule has 0 bridgehead atoms. The fourth-order valence-electron chi connectivity index (χ4n) is 1.03. The standard InChI is InChI=1S/C9H16N4/c1-4-8-11-7(6-10)5-9(12-8)13(2)3/h5H,4,6,10H2,1-3H3. The monoisotopic (exact) mass is 180 g/mol. The van der Waals surface area contributed by atoms with E-state index >= 15 is 0 Å². The van der Waals surface area contributed by atoms with Crippen LogP contribution in [0.5, 0.6) is 0 Å². The molecular weight excluding hydrogens is 164 g/mol. The fourth-order valence-corrected chi connectivity index (χ4v) is 1.03. The first-order chi connectivity index (χ1) is 6.17. The number of hydrogen-bond donors (Lipinski definition) is 1. The van der Waals surface area contributed by atoms with Crippen molar-refractivity contribution < 1.29 is 0 Å². The second kappa shape index (κ2) is 4.18. The number of rotatable bonds is 3. The number of nitrogens with zero attached hydrogens (tertiary/aromatic N) is 3. The minimum absolute atomic E-state index is 0.469. The van der Waals surface area contributed by atoms with E-state index < -0.39 is 0 Å². The highest BCUT2D eigenvalue weighted by molar-refractivity contribution is 5.37. The van der Waals surface area contributed by atoms with Gasteiger partial charge in [0.25, 0.3) is 0 Å². The van der Waals surface area contributed by atoms with Crippen molar-refractivity contribution in [2.45, 2.75) is 19.9 Å². The Morgan fingerprint density at radius 1 is 1.38 bits per heavy atom. The molecule has 4 heteroatoms. The van der Waals surface area contributed by atoms with Crippen molar-refractivity contribution in [3.63, 3.8) is 0 Å². The third-order valence-corrected chi connectivity index (χ3v) is 1.80. The number of aryl methyl sites for hydroxylation is 1. The average Bonchev–Trinajstić information content (AvgIpc) is 2.16. The Hall–Kier alpha value is -1.16. The molecule has 4 nitrogen and oxygen atoms in total. The van der Waals surface area contributed by atoms with Crippen LogP contribution in [-0.2, 0) is 13.0 Å². The van der Waals surface area contributed by atoms with E-state index in [0.717, 1.165) is 23.8 Å². The van der Waals surface area contributed by atoms with Gasteiger partial charge < -0.3 is 10.6 Å². The molecule has 0 amide bonds. The maximum Gasteiger partial charge on any atom is 0.132 e. The number of nitrogens with two attached hydrogens (primary N) is 1. The van der Waals surface area contributed by atoms with Crippen molar-refractivity contribution in [2.75, 3.05) is 19.0 Å². The lowest BCUT2D eigenvalue weighted by atomic mass is 10.3. The van der Waals surface area contributed by atoms with Crippen LogP contribution in [0.1, 0.15) is 18.4 Å². The molecule has 0 aliphatic rings. The van der Waals surface area contributed by atoms with Crippen LogP contribution in [0.4, 0.5) is 5.82 Å². The van der Waals surface area contributed by atoms with E-state index in [9.17, 15) is 0 Å². The molecule has 1 aromatic heterocycles. The highest BCUT2D eigenvalue weighted by Crippen LogP contribution is 2.09. The van der Waals surface area contributed by atoms with Crippen LogP contribution in [0.3, 0.4) is 0 Å². The molecule has 0 unspecified atom stereocenters. The molecular formula is C9H16N4. The molecule has 0 radical (unpaired) electrons. The summed E-state index contributed by atoms with van der Waals surface area (Å²) in [6.45, 7) is 2.51. The topological polar surface area (TPSA) is 55.0 Å². The highest BCUT2D eigenvalue weighted by atomic mass is 15.1. The molecule has 1 aromatic rings. The summed E-state index contributed by atoms with van der Waals surface area (Å²) in [6.07, 6.45) is 0.842. The fraction of sp³-hybridized carbons (Fsp3) is 0.556. The summed E-state index contributed by atoms with van der Waals surface area (Å²) < 4.78 is 0. The quantitative estimate of drug-likeness (QED) is 0.738. The zero-order chi connectivity index (χ0) is 9.84. The molecule has 0 atom stereocenters. The maximum atomic E-state index is 5.53. The van der Waals surface area contributed by atoms with Crippen LogP contribution in [0, 0.1) is 0 Å². The highest BCUT2D eigenvalue weighted by Gasteiger charge is 2.03. The molecule has 0 aromatic carbocycles. The van der Waals surface area contributed by atoms with E-state index in [0.29, 0.717) is 6.54 Å². The van der Waals surface area contributed by atoms with E-state index in [1.54, 1.807) is 0 Å². The van der Waals surface area contributed by atoms with E-state index in [1.165, 1.54) is 0 Å². The van der Waals surface area contributed by atoms with Gasteiger partial charge in [0.1, 0.15) is 11.6 Å². The summed E-state index contributed by atoms with van der Waals surface area (Å²) in [5.41, 5.74) is 6.43. The molecule has 0 aliphatic carbocycles. The molecule has 1 heterocycles. The zero-order valence-corrected chi connectivity index (χ0v) is 8.41.